The molecule has 20 heavy (non-hydrogen) atoms. The van der Waals surface area contributed by atoms with Crippen LogP contribution in [0.4, 0.5) is 0 Å². The molecule has 98 valence electrons. The Hall–Kier alpha value is -1.38. The van der Waals surface area contributed by atoms with Crippen molar-refractivity contribution in [1.29, 1.82) is 0 Å². The minimum Gasteiger partial charge on any atom is -0.128 e. The Morgan fingerprint density at radius 3 is 2.10 bits per heavy atom. The summed E-state index contributed by atoms with van der Waals surface area (Å²) in [6.45, 7) is 0. The van der Waals surface area contributed by atoms with Crippen LogP contribution in [-0.2, 0) is 0 Å². The standard InChI is InChI=1S/C18H14S2/c1-19-15-10-13-7-6-11-4-3-5-12-8-9-14(18(15)20-2)17(13)16(11)12/h3-10H,1-2H3. The summed E-state index contributed by atoms with van der Waals surface area (Å²) in [4.78, 5) is 2.78. The molecule has 4 rings (SSSR count). The van der Waals surface area contributed by atoms with Gasteiger partial charge in [-0.1, -0.05) is 42.5 Å². The molecule has 0 radical (unpaired) electrons. The van der Waals surface area contributed by atoms with Crippen molar-refractivity contribution < 1.29 is 0 Å². The predicted molar refractivity (Wildman–Crippen MR) is 93.7 cm³/mol. The molecule has 2 heteroatoms. The van der Waals surface area contributed by atoms with Gasteiger partial charge in [0.2, 0.25) is 0 Å². The molecular weight excluding hydrogens is 280 g/mol. The lowest BCUT2D eigenvalue weighted by Crippen LogP contribution is -1.87. The van der Waals surface area contributed by atoms with Crippen molar-refractivity contribution in [3.8, 4) is 0 Å². The lowest BCUT2D eigenvalue weighted by atomic mass is 9.94. The summed E-state index contributed by atoms with van der Waals surface area (Å²) in [5, 5.41) is 8.25. The third-order valence-electron chi connectivity index (χ3n) is 3.99. The summed E-state index contributed by atoms with van der Waals surface area (Å²) in [7, 11) is 0. The van der Waals surface area contributed by atoms with Crippen molar-refractivity contribution in [3.05, 3.63) is 48.5 Å². The van der Waals surface area contributed by atoms with Crippen LogP contribution in [0.3, 0.4) is 0 Å². The van der Waals surface area contributed by atoms with Gasteiger partial charge in [-0.3, -0.25) is 0 Å². The molecule has 0 spiro atoms. The second-order valence-electron chi connectivity index (χ2n) is 4.97. The maximum absolute atomic E-state index is 2.34. The second kappa shape index (κ2) is 4.57. The fraction of sp³-hybridized carbons (Fsp3) is 0.111. The van der Waals surface area contributed by atoms with Gasteiger partial charge in [-0.25, -0.2) is 0 Å². The van der Waals surface area contributed by atoms with E-state index < -0.39 is 0 Å². The molecule has 0 aromatic heterocycles. The molecular formula is C18H14S2. The molecule has 0 amide bonds. The van der Waals surface area contributed by atoms with E-state index in [1.165, 1.54) is 42.1 Å². The summed E-state index contributed by atoms with van der Waals surface area (Å²) in [5.41, 5.74) is 0. The van der Waals surface area contributed by atoms with Gasteiger partial charge >= 0.3 is 0 Å². The topological polar surface area (TPSA) is 0 Å². The molecule has 0 aliphatic heterocycles. The van der Waals surface area contributed by atoms with Crippen LogP contribution in [-0.4, -0.2) is 12.5 Å². The van der Waals surface area contributed by atoms with Gasteiger partial charge < -0.3 is 0 Å². The van der Waals surface area contributed by atoms with E-state index in [4.69, 9.17) is 0 Å². The molecule has 0 aliphatic rings. The molecule has 0 aliphatic carbocycles. The fourth-order valence-corrected chi connectivity index (χ4v) is 4.81. The summed E-state index contributed by atoms with van der Waals surface area (Å²) >= 11 is 3.69. The summed E-state index contributed by atoms with van der Waals surface area (Å²) in [5.74, 6) is 0. The van der Waals surface area contributed by atoms with Crippen LogP contribution in [0.2, 0.25) is 0 Å². The van der Waals surface area contributed by atoms with E-state index in [9.17, 15) is 0 Å². The smallest absolute Gasteiger partial charge is 0.0284 e. The Labute approximate surface area is 126 Å². The Morgan fingerprint density at radius 1 is 0.700 bits per heavy atom. The lowest BCUT2D eigenvalue weighted by Gasteiger charge is -2.15. The molecule has 4 aromatic rings. The third-order valence-corrected chi connectivity index (χ3v) is 5.73. The van der Waals surface area contributed by atoms with E-state index in [1.54, 1.807) is 0 Å². The average Bonchev–Trinajstić information content (AvgIpc) is 2.51. The molecule has 0 heterocycles. The van der Waals surface area contributed by atoms with E-state index in [0.29, 0.717) is 0 Å². The van der Waals surface area contributed by atoms with Gasteiger partial charge in [-0.15, -0.1) is 23.5 Å². The Bertz CT molecular complexity index is 909. The fourth-order valence-electron chi connectivity index (χ4n) is 3.12. The average molecular weight is 294 g/mol. The predicted octanol–water partition coefficient (Wildman–Crippen LogP) is 6.03. The molecule has 0 saturated heterocycles. The van der Waals surface area contributed by atoms with Crippen LogP contribution < -0.4 is 0 Å². The van der Waals surface area contributed by atoms with Crippen molar-refractivity contribution in [2.75, 3.05) is 12.5 Å². The first kappa shape index (κ1) is 12.4. The van der Waals surface area contributed by atoms with Crippen molar-refractivity contribution in [2.24, 2.45) is 0 Å². The first-order valence-corrected chi connectivity index (χ1v) is 9.07. The zero-order valence-electron chi connectivity index (χ0n) is 11.4. The Balaban J connectivity index is 2.34. The molecule has 0 unspecified atom stereocenters. The normalized spacial score (nSPS) is 11.9. The molecule has 0 N–H and O–H groups in total. The Morgan fingerprint density at radius 2 is 1.40 bits per heavy atom. The van der Waals surface area contributed by atoms with Gasteiger partial charge in [0, 0.05) is 9.79 Å². The first-order valence-electron chi connectivity index (χ1n) is 6.62. The highest BCUT2D eigenvalue weighted by Gasteiger charge is 2.13. The van der Waals surface area contributed by atoms with Crippen LogP contribution in [0.15, 0.2) is 58.3 Å². The molecule has 0 atom stereocenters. The van der Waals surface area contributed by atoms with E-state index in [-0.39, 0.29) is 0 Å². The number of thioether (sulfide) groups is 2. The largest absolute Gasteiger partial charge is 0.128 e. The SMILES string of the molecule is CSc1cc2ccc3cccc4ccc(c1SC)c2c34. The second-order valence-corrected chi connectivity index (χ2v) is 6.63. The molecule has 0 saturated carbocycles. The van der Waals surface area contributed by atoms with Gasteiger partial charge in [0.1, 0.15) is 0 Å². The van der Waals surface area contributed by atoms with Crippen LogP contribution in [0.5, 0.6) is 0 Å². The van der Waals surface area contributed by atoms with Crippen molar-refractivity contribution in [3.63, 3.8) is 0 Å². The molecule has 4 aromatic carbocycles. The van der Waals surface area contributed by atoms with Crippen molar-refractivity contribution >= 4 is 55.8 Å². The highest BCUT2D eigenvalue weighted by Crippen LogP contribution is 2.42. The van der Waals surface area contributed by atoms with E-state index in [2.05, 4.69) is 61.0 Å². The number of rotatable bonds is 2. The van der Waals surface area contributed by atoms with Gasteiger partial charge in [-0.05, 0) is 50.9 Å². The number of hydrogen-bond donors (Lipinski definition) is 0. The first-order chi connectivity index (χ1) is 9.83. The van der Waals surface area contributed by atoms with E-state index in [0.717, 1.165) is 0 Å². The van der Waals surface area contributed by atoms with E-state index in [1.807, 2.05) is 23.5 Å². The third kappa shape index (κ3) is 1.58. The summed E-state index contributed by atoms with van der Waals surface area (Å²) in [6.07, 6.45) is 4.33. The van der Waals surface area contributed by atoms with Gasteiger partial charge in [0.15, 0.2) is 0 Å². The highest BCUT2D eigenvalue weighted by atomic mass is 32.2. The monoisotopic (exact) mass is 294 g/mol. The molecule has 0 fully saturated rings. The molecule has 0 nitrogen and oxygen atoms in total. The van der Waals surface area contributed by atoms with Crippen molar-refractivity contribution in [2.45, 2.75) is 9.79 Å². The Kier molecular flexibility index (Phi) is 2.83. The number of benzene rings is 4. The summed E-state index contributed by atoms with van der Waals surface area (Å²) < 4.78 is 0. The number of hydrogen-bond acceptors (Lipinski definition) is 2. The van der Waals surface area contributed by atoms with Crippen molar-refractivity contribution in [1.82, 2.24) is 0 Å². The quantitative estimate of drug-likeness (QED) is 0.327. The highest BCUT2D eigenvalue weighted by molar-refractivity contribution is 8.01. The minimum absolute atomic E-state index is 1.34. The van der Waals surface area contributed by atoms with Gasteiger partial charge in [0.05, 0.1) is 0 Å². The molecule has 0 bridgehead atoms. The minimum atomic E-state index is 1.34. The zero-order chi connectivity index (χ0) is 13.7. The van der Waals surface area contributed by atoms with Gasteiger partial charge in [-0.2, -0.15) is 0 Å². The van der Waals surface area contributed by atoms with Crippen LogP contribution in [0.25, 0.3) is 32.3 Å². The van der Waals surface area contributed by atoms with Gasteiger partial charge in [0.25, 0.3) is 0 Å². The van der Waals surface area contributed by atoms with Crippen LogP contribution >= 0.6 is 23.5 Å². The summed E-state index contributed by atoms with van der Waals surface area (Å²) in [6, 6.07) is 17.9. The van der Waals surface area contributed by atoms with E-state index >= 15 is 0 Å². The maximum Gasteiger partial charge on any atom is 0.0284 e. The van der Waals surface area contributed by atoms with Crippen LogP contribution in [0, 0.1) is 0 Å². The maximum atomic E-state index is 2.34. The van der Waals surface area contributed by atoms with Crippen LogP contribution in [0.1, 0.15) is 0 Å². The zero-order valence-corrected chi connectivity index (χ0v) is 13.1. The lowest BCUT2D eigenvalue weighted by molar-refractivity contribution is 1.33.